The van der Waals surface area contributed by atoms with Crippen LogP contribution in [0.4, 0.5) is 5.82 Å². The summed E-state index contributed by atoms with van der Waals surface area (Å²) in [5, 5.41) is 7.28. The minimum Gasteiger partial charge on any atom is -0.372 e. The highest BCUT2D eigenvalue weighted by Crippen LogP contribution is 2.27. The number of rotatable bonds is 3. The summed E-state index contributed by atoms with van der Waals surface area (Å²) in [6.07, 6.45) is 3.71. The number of hydrogen-bond donors (Lipinski definition) is 1. The number of hydrogen-bond acceptors (Lipinski definition) is 4. The third-order valence-electron chi connectivity index (χ3n) is 2.62. The van der Waals surface area contributed by atoms with E-state index in [2.05, 4.69) is 56.8 Å². The Morgan fingerprint density at radius 2 is 2.06 bits per heavy atom. The Bertz CT molecular complexity index is 562. The zero-order valence-electron chi connectivity index (χ0n) is 10.9. The fraction of sp³-hybridized carbons (Fsp3) is 0.417. The van der Waals surface area contributed by atoms with E-state index in [9.17, 15) is 0 Å². The van der Waals surface area contributed by atoms with Gasteiger partial charge >= 0.3 is 0 Å². The van der Waals surface area contributed by atoms with E-state index in [-0.39, 0.29) is 0 Å². The second kappa shape index (κ2) is 5.21. The third kappa shape index (κ3) is 2.47. The molecule has 0 atom stereocenters. The summed E-state index contributed by atoms with van der Waals surface area (Å²) in [6.45, 7) is 4.27. The molecule has 2 aromatic heterocycles. The van der Waals surface area contributed by atoms with Crippen LogP contribution in [-0.2, 0) is 7.05 Å². The topological polar surface area (TPSA) is 55.6 Å². The van der Waals surface area contributed by atoms with Crippen molar-refractivity contribution in [2.75, 3.05) is 12.4 Å². The van der Waals surface area contributed by atoms with Crippen molar-refractivity contribution < 1.29 is 0 Å². The fourth-order valence-corrected chi connectivity index (χ4v) is 2.81. The molecule has 0 bridgehead atoms. The molecule has 0 aliphatic heterocycles. The molecule has 0 radical (unpaired) electrons. The Balaban J connectivity index is 2.58. The maximum absolute atomic E-state index is 4.65. The summed E-state index contributed by atoms with van der Waals surface area (Å²) < 4.78 is 2.84. The van der Waals surface area contributed by atoms with Crippen LogP contribution in [0, 0.1) is 3.57 Å². The van der Waals surface area contributed by atoms with Gasteiger partial charge in [-0.25, -0.2) is 9.97 Å². The van der Waals surface area contributed by atoms with Crippen molar-refractivity contribution in [2.24, 2.45) is 7.05 Å². The van der Waals surface area contributed by atoms with Crippen molar-refractivity contribution in [3.63, 3.8) is 0 Å². The maximum atomic E-state index is 4.65. The van der Waals surface area contributed by atoms with E-state index in [0.717, 1.165) is 26.5 Å². The molecule has 0 saturated heterocycles. The van der Waals surface area contributed by atoms with Gasteiger partial charge in [-0.1, -0.05) is 13.8 Å². The van der Waals surface area contributed by atoms with Gasteiger partial charge in [0.15, 0.2) is 5.82 Å². The number of aromatic nitrogens is 4. The normalized spacial score (nSPS) is 11.0. The lowest BCUT2D eigenvalue weighted by Gasteiger charge is -2.12. The Kier molecular flexibility index (Phi) is 3.84. The molecule has 18 heavy (non-hydrogen) atoms. The number of nitrogens with zero attached hydrogens (tertiary/aromatic N) is 4. The first-order valence-corrected chi connectivity index (χ1v) is 6.85. The maximum Gasteiger partial charge on any atom is 0.165 e. The van der Waals surface area contributed by atoms with Crippen LogP contribution < -0.4 is 5.32 Å². The minimum absolute atomic E-state index is 0.363. The molecule has 0 saturated carbocycles. The van der Waals surface area contributed by atoms with Gasteiger partial charge < -0.3 is 5.32 Å². The van der Waals surface area contributed by atoms with Crippen LogP contribution in [0.1, 0.15) is 25.5 Å². The number of anilines is 1. The van der Waals surface area contributed by atoms with E-state index in [1.807, 2.05) is 20.3 Å². The highest BCUT2D eigenvalue weighted by Gasteiger charge is 2.15. The van der Waals surface area contributed by atoms with Gasteiger partial charge in [0.05, 0.1) is 21.0 Å². The smallest absolute Gasteiger partial charge is 0.165 e. The first-order valence-electron chi connectivity index (χ1n) is 5.77. The fourth-order valence-electron chi connectivity index (χ4n) is 1.68. The van der Waals surface area contributed by atoms with Crippen molar-refractivity contribution in [1.82, 2.24) is 19.7 Å². The summed E-state index contributed by atoms with van der Waals surface area (Å²) in [7, 11) is 3.76. The van der Waals surface area contributed by atoms with Crippen molar-refractivity contribution in [2.45, 2.75) is 19.8 Å². The predicted octanol–water partition coefficient (Wildman–Crippen LogP) is 2.65. The average molecular weight is 357 g/mol. The van der Waals surface area contributed by atoms with Gasteiger partial charge in [-0.3, -0.25) is 4.68 Å². The summed E-state index contributed by atoms with van der Waals surface area (Å²) >= 11 is 2.29. The van der Waals surface area contributed by atoms with Gasteiger partial charge in [0.2, 0.25) is 0 Å². The molecule has 96 valence electrons. The molecule has 5 nitrogen and oxygen atoms in total. The van der Waals surface area contributed by atoms with Gasteiger partial charge in [0.1, 0.15) is 5.82 Å². The molecular formula is C12H16IN5. The quantitative estimate of drug-likeness (QED) is 0.859. The monoisotopic (exact) mass is 357 g/mol. The second-order valence-corrected chi connectivity index (χ2v) is 5.48. The molecule has 1 N–H and O–H groups in total. The highest BCUT2D eigenvalue weighted by molar-refractivity contribution is 14.1. The van der Waals surface area contributed by atoms with Crippen LogP contribution in [0.25, 0.3) is 11.4 Å². The summed E-state index contributed by atoms with van der Waals surface area (Å²) in [5.41, 5.74) is 2.00. The molecular weight excluding hydrogens is 341 g/mol. The van der Waals surface area contributed by atoms with Crippen molar-refractivity contribution in [1.29, 1.82) is 0 Å². The van der Waals surface area contributed by atoms with Gasteiger partial charge in [-0.2, -0.15) is 5.10 Å². The first kappa shape index (κ1) is 13.3. The van der Waals surface area contributed by atoms with Crippen molar-refractivity contribution in [3.05, 3.63) is 21.7 Å². The Labute approximate surface area is 120 Å². The minimum atomic E-state index is 0.363. The van der Waals surface area contributed by atoms with Crippen LogP contribution >= 0.6 is 22.6 Å². The Hall–Kier alpha value is -1.18. The van der Waals surface area contributed by atoms with E-state index >= 15 is 0 Å². The second-order valence-electron chi connectivity index (χ2n) is 4.40. The van der Waals surface area contributed by atoms with Crippen LogP contribution in [-0.4, -0.2) is 26.8 Å². The van der Waals surface area contributed by atoms with Gasteiger partial charge in [0, 0.05) is 20.3 Å². The lowest BCUT2D eigenvalue weighted by molar-refractivity contribution is 0.767. The van der Waals surface area contributed by atoms with E-state index in [0.29, 0.717) is 5.92 Å². The lowest BCUT2D eigenvalue weighted by atomic mass is 10.1. The molecule has 6 heteroatoms. The molecule has 2 rings (SSSR count). The van der Waals surface area contributed by atoms with Crippen LogP contribution in [0.5, 0.6) is 0 Å². The third-order valence-corrected chi connectivity index (χ3v) is 3.69. The van der Waals surface area contributed by atoms with Crippen molar-refractivity contribution in [3.8, 4) is 11.4 Å². The standard InChI is InChI=1S/C12H16IN5/c1-7(2)10-9(13)12(14-3)17-11(16-10)8-5-15-18(4)6-8/h5-7H,1-4H3,(H,14,16,17). The summed E-state index contributed by atoms with van der Waals surface area (Å²) in [6, 6.07) is 0. The zero-order valence-corrected chi connectivity index (χ0v) is 13.1. The van der Waals surface area contributed by atoms with Gasteiger partial charge in [-0.05, 0) is 28.5 Å². The molecule has 2 heterocycles. The molecule has 0 aliphatic carbocycles. The number of nitrogens with one attached hydrogen (secondary N) is 1. The van der Waals surface area contributed by atoms with E-state index in [4.69, 9.17) is 0 Å². The molecule has 0 aromatic carbocycles. The molecule has 0 fully saturated rings. The van der Waals surface area contributed by atoms with Gasteiger partial charge in [-0.15, -0.1) is 0 Å². The van der Waals surface area contributed by atoms with E-state index in [1.54, 1.807) is 10.9 Å². The largest absolute Gasteiger partial charge is 0.372 e. The summed E-state index contributed by atoms with van der Waals surface area (Å²) in [4.78, 5) is 9.19. The number of aryl methyl sites for hydroxylation is 1. The van der Waals surface area contributed by atoms with Gasteiger partial charge in [0.25, 0.3) is 0 Å². The van der Waals surface area contributed by atoms with E-state index < -0.39 is 0 Å². The van der Waals surface area contributed by atoms with Crippen LogP contribution in [0.15, 0.2) is 12.4 Å². The lowest BCUT2D eigenvalue weighted by Crippen LogP contribution is -2.06. The molecule has 0 spiro atoms. The molecule has 0 amide bonds. The SMILES string of the molecule is CNc1nc(-c2cnn(C)c2)nc(C(C)C)c1I. The zero-order chi connectivity index (χ0) is 13.3. The Morgan fingerprint density at radius 1 is 1.33 bits per heavy atom. The highest BCUT2D eigenvalue weighted by atomic mass is 127. The molecule has 2 aromatic rings. The first-order chi connectivity index (χ1) is 8.52. The Morgan fingerprint density at radius 3 is 2.56 bits per heavy atom. The van der Waals surface area contributed by atoms with Crippen LogP contribution in [0.2, 0.25) is 0 Å². The number of halogens is 1. The molecule has 0 aliphatic rings. The molecule has 0 unspecified atom stereocenters. The predicted molar refractivity (Wildman–Crippen MR) is 80.6 cm³/mol. The van der Waals surface area contributed by atoms with E-state index in [1.165, 1.54) is 0 Å². The average Bonchev–Trinajstić information content (AvgIpc) is 2.76. The van der Waals surface area contributed by atoms with Crippen molar-refractivity contribution >= 4 is 28.4 Å². The summed E-state index contributed by atoms with van der Waals surface area (Å²) in [5.74, 6) is 1.95. The van der Waals surface area contributed by atoms with Crippen LogP contribution in [0.3, 0.4) is 0 Å².